The molecule has 0 saturated carbocycles. The van der Waals surface area contributed by atoms with Gasteiger partial charge in [0.05, 0.1) is 17.1 Å². The van der Waals surface area contributed by atoms with Crippen molar-refractivity contribution in [3.05, 3.63) is 16.4 Å². The number of hydrogen-bond donors (Lipinski definition) is 3. The molecule has 0 spiro atoms. The summed E-state index contributed by atoms with van der Waals surface area (Å²) in [6, 6.07) is 0. The summed E-state index contributed by atoms with van der Waals surface area (Å²) in [5, 5.41) is 23.3. The Morgan fingerprint density at radius 3 is 2.56 bits per heavy atom. The van der Waals surface area contributed by atoms with Gasteiger partial charge in [0.2, 0.25) is 11.6 Å². The van der Waals surface area contributed by atoms with Crippen molar-refractivity contribution in [2.45, 2.75) is 32.2 Å². The Kier molecular flexibility index (Phi) is 4.38. The van der Waals surface area contributed by atoms with Crippen LogP contribution in [0.25, 0.3) is 0 Å². The van der Waals surface area contributed by atoms with E-state index in [2.05, 4.69) is 15.3 Å². The Bertz CT molecular complexity index is 425. The van der Waals surface area contributed by atoms with Crippen molar-refractivity contribution in [1.82, 2.24) is 9.97 Å². The molecule has 0 fully saturated rings. The van der Waals surface area contributed by atoms with Crippen LogP contribution in [0, 0.1) is 10.1 Å². The van der Waals surface area contributed by atoms with Crippen LogP contribution in [0.3, 0.4) is 0 Å². The van der Waals surface area contributed by atoms with Crippen molar-refractivity contribution < 1.29 is 10.0 Å². The molecule has 0 aliphatic carbocycles. The first-order valence-corrected chi connectivity index (χ1v) is 5.63. The van der Waals surface area contributed by atoms with Crippen molar-refractivity contribution in [2.24, 2.45) is 0 Å². The lowest BCUT2D eigenvalue weighted by Crippen LogP contribution is -2.41. The summed E-state index contributed by atoms with van der Waals surface area (Å²) in [4.78, 5) is 17.7. The van der Waals surface area contributed by atoms with Crippen molar-refractivity contribution in [3.8, 4) is 0 Å². The second kappa shape index (κ2) is 5.58. The first-order chi connectivity index (χ1) is 8.49. The molecular formula is C10H17N5O3. The molecule has 0 atom stereocenters. The van der Waals surface area contributed by atoms with Gasteiger partial charge in [0.15, 0.2) is 0 Å². The maximum atomic E-state index is 10.9. The zero-order valence-corrected chi connectivity index (χ0v) is 10.4. The summed E-state index contributed by atoms with van der Waals surface area (Å²) < 4.78 is 0. The maximum absolute atomic E-state index is 10.9. The quantitative estimate of drug-likeness (QED) is 0.509. The molecule has 100 valence electrons. The highest BCUT2D eigenvalue weighted by molar-refractivity contribution is 5.67. The van der Waals surface area contributed by atoms with Gasteiger partial charge >= 0.3 is 5.69 Å². The SMILES string of the molecule is CCC(CC)(CO)Nc1ncnc(N)c1[N+](=O)[O-]. The number of nitrogens with two attached hydrogens (primary N) is 1. The minimum Gasteiger partial charge on any atom is -0.394 e. The Labute approximate surface area is 104 Å². The summed E-state index contributed by atoms with van der Waals surface area (Å²) in [6.45, 7) is 3.60. The third-order valence-corrected chi connectivity index (χ3v) is 3.07. The van der Waals surface area contributed by atoms with Crippen LogP contribution < -0.4 is 11.1 Å². The molecule has 0 unspecified atom stereocenters. The summed E-state index contributed by atoms with van der Waals surface area (Å²) in [5.74, 6) is -0.165. The van der Waals surface area contributed by atoms with Crippen LogP contribution in [-0.4, -0.2) is 32.1 Å². The predicted molar refractivity (Wildman–Crippen MR) is 67.1 cm³/mol. The molecule has 1 rings (SSSR count). The fourth-order valence-electron chi connectivity index (χ4n) is 1.60. The largest absolute Gasteiger partial charge is 0.394 e. The number of nitrogens with zero attached hydrogens (tertiary/aromatic N) is 3. The van der Waals surface area contributed by atoms with E-state index < -0.39 is 10.5 Å². The fraction of sp³-hybridized carbons (Fsp3) is 0.600. The third-order valence-electron chi connectivity index (χ3n) is 3.07. The normalized spacial score (nSPS) is 11.3. The van der Waals surface area contributed by atoms with Crippen LogP contribution in [0.4, 0.5) is 17.3 Å². The van der Waals surface area contributed by atoms with Gasteiger partial charge in [-0.25, -0.2) is 9.97 Å². The molecule has 0 aliphatic rings. The number of nitrogen functional groups attached to an aromatic ring is 1. The van der Waals surface area contributed by atoms with Crippen molar-refractivity contribution >= 4 is 17.3 Å². The molecule has 1 aromatic rings. The summed E-state index contributed by atoms with van der Waals surface area (Å²) >= 11 is 0. The van der Waals surface area contributed by atoms with Gasteiger partial charge in [-0.15, -0.1) is 0 Å². The van der Waals surface area contributed by atoms with E-state index in [1.54, 1.807) is 0 Å². The smallest absolute Gasteiger partial charge is 0.353 e. The summed E-state index contributed by atoms with van der Waals surface area (Å²) in [6.07, 6.45) is 2.35. The first-order valence-electron chi connectivity index (χ1n) is 5.63. The Balaban J connectivity index is 3.18. The molecule has 1 aromatic heterocycles. The minimum absolute atomic E-state index is 0.0326. The number of nitro groups is 1. The van der Waals surface area contributed by atoms with Gasteiger partial charge in [-0.2, -0.15) is 0 Å². The maximum Gasteiger partial charge on any atom is 0.353 e. The molecular weight excluding hydrogens is 238 g/mol. The number of anilines is 2. The monoisotopic (exact) mass is 255 g/mol. The van der Waals surface area contributed by atoms with Crippen LogP contribution in [0.2, 0.25) is 0 Å². The van der Waals surface area contributed by atoms with Gasteiger partial charge in [-0.3, -0.25) is 10.1 Å². The molecule has 0 radical (unpaired) electrons. The standard InChI is InChI=1S/C10H17N5O3/c1-3-10(4-2,5-16)14-9-7(15(17)18)8(11)12-6-13-9/h6,16H,3-5H2,1-2H3,(H3,11,12,13,14). The van der Waals surface area contributed by atoms with Gasteiger partial charge in [-0.05, 0) is 12.8 Å². The highest BCUT2D eigenvalue weighted by atomic mass is 16.6. The molecule has 4 N–H and O–H groups in total. The average molecular weight is 255 g/mol. The molecule has 1 heterocycles. The zero-order valence-electron chi connectivity index (χ0n) is 10.4. The average Bonchev–Trinajstić information content (AvgIpc) is 2.35. The summed E-state index contributed by atoms with van der Waals surface area (Å²) in [5.41, 5.74) is 4.46. The second-order valence-corrected chi connectivity index (χ2v) is 3.98. The van der Waals surface area contributed by atoms with Crippen molar-refractivity contribution in [2.75, 3.05) is 17.7 Å². The predicted octanol–water partition coefficient (Wildman–Crippen LogP) is 0.930. The number of aliphatic hydroxyl groups excluding tert-OH is 1. The molecule has 18 heavy (non-hydrogen) atoms. The first kappa shape index (κ1) is 14.1. The second-order valence-electron chi connectivity index (χ2n) is 3.98. The third kappa shape index (κ3) is 2.65. The van der Waals surface area contributed by atoms with Crippen molar-refractivity contribution in [3.63, 3.8) is 0 Å². The lowest BCUT2D eigenvalue weighted by molar-refractivity contribution is -0.383. The van der Waals surface area contributed by atoms with Crippen LogP contribution >= 0.6 is 0 Å². The number of hydrogen-bond acceptors (Lipinski definition) is 7. The van der Waals surface area contributed by atoms with E-state index in [-0.39, 0.29) is 23.9 Å². The lowest BCUT2D eigenvalue weighted by atomic mass is 9.94. The van der Waals surface area contributed by atoms with E-state index in [9.17, 15) is 15.2 Å². The van der Waals surface area contributed by atoms with E-state index in [0.717, 1.165) is 6.33 Å². The lowest BCUT2D eigenvalue weighted by Gasteiger charge is -2.30. The van der Waals surface area contributed by atoms with Crippen LogP contribution in [0.5, 0.6) is 0 Å². The zero-order chi connectivity index (χ0) is 13.8. The number of nitrogens with one attached hydrogen (secondary N) is 1. The Hall–Kier alpha value is -1.96. The molecule has 0 amide bonds. The van der Waals surface area contributed by atoms with E-state index >= 15 is 0 Å². The van der Waals surface area contributed by atoms with Gasteiger partial charge in [0.1, 0.15) is 6.33 Å². The van der Waals surface area contributed by atoms with E-state index in [1.165, 1.54) is 0 Å². The van der Waals surface area contributed by atoms with E-state index in [0.29, 0.717) is 12.8 Å². The topological polar surface area (TPSA) is 127 Å². The molecule has 0 aromatic carbocycles. The highest BCUT2D eigenvalue weighted by Gasteiger charge is 2.30. The summed E-state index contributed by atoms with van der Waals surface area (Å²) in [7, 11) is 0. The van der Waals surface area contributed by atoms with Gasteiger partial charge in [0, 0.05) is 0 Å². The number of rotatable bonds is 6. The molecule has 0 saturated heterocycles. The van der Waals surface area contributed by atoms with Gasteiger partial charge < -0.3 is 16.2 Å². The number of aliphatic hydroxyl groups is 1. The van der Waals surface area contributed by atoms with Crippen LogP contribution in [-0.2, 0) is 0 Å². The van der Waals surface area contributed by atoms with E-state index in [1.807, 2.05) is 13.8 Å². The van der Waals surface area contributed by atoms with Gasteiger partial charge in [-0.1, -0.05) is 13.8 Å². The molecule has 8 heteroatoms. The highest BCUT2D eigenvalue weighted by Crippen LogP contribution is 2.30. The van der Waals surface area contributed by atoms with Crippen molar-refractivity contribution in [1.29, 1.82) is 0 Å². The fourth-order valence-corrected chi connectivity index (χ4v) is 1.60. The van der Waals surface area contributed by atoms with Crippen LogP contribution in [0.15, 0.2) is 6.33 Å². The van der Waals surface area contributed by atoms with Crippen LogP contribution in [0.1, 0.15) is 26.7 Å². The molecule has 8 nitrogen and oxygen atoms in total. The Morgan fingerprint density at radius 2 is 2.11 bits per heavy atom. The Morgan fingerprint density at radius 1 is 1.50 bits per heavy atom. The minimum atomic E-state index is -0.647. The number of aromatic nitrogens is 2. The van der Waals surface area contributed by atoms with Gasteiger partial charge in [0.25, 0.3) is 0 Å². The molecule has 0 aliphatic heterocycles. The molecule has 0 bridgehead atoms. The van der Waals surface area contributed by atoms with E-state index in [4.69, 9.17) is 5.73 Å².